The summed E-state index contributed by atoms with van der Waals surface area (Å²) in [6.07, 6.45) is 4.33. The number of nitrogens with zero attached hydrogens (tertiary/aromatic N) is 3. The van der Waals surface area contributed by atoms with E-state index in [1.165, 1.54) is 18.9 Å². The van der Waals surface area contributed by atoms with Crippen LogP contribution in [0.5, 0.6) is 0 Å². The van der Waals surface area contributed by atoms with E-state index in [1.54, 1.807) is 19.1 Å². The van der Waals surface area contributed by atoms with Gasteiger partial charge in [-0.3, -0.25) is 19.8 Å². The van der Waals surface area contributed by atoms with E-state index in [1.807, 2.05) is 19.3 Å². The second-order valence-electron chi connectivity index (χ2n) is 6.77. The zero-order valence-corrected chi connectivity index (χ0v) is 15.1. The number of nitro benzene ring substituents is 1. The number of rotatable bonds is 6. The number of aromatic nitrogens is 1. The van der Waals surface area contributed by atoms with Gasteiger partial charge in [0.2, 0.25) is 0 Å². The van der Waals surface area contributed by atoms with Crippen LogP contribution in [0.2, 0.25) is 0 Å². The summed E-state index contributed by atoms with van der Waals surface area (Å²) in [5, 5.41) is 14.1. The average molecular weight is 356 g/mol. The number of aryl methyl sites for hydroxylation is 2. The Morgan fingerprint density at radius 1 is 1.31 bits per heavy atom. The van der Waals surface area contributed by atoms with Gasteiger partial charge in [0.25, 0.3) is 11.6 Å². The second kappa shape index (κ2) is 7.70. The average Bonchev–Trinajstić information content (AvgIpc) is 3.28. The van der Waals surface area contributed by atoms with Crippen molar-refractivity contribution in [3.63, 3.8) is 0 Å². The predicted molar refractivity (Wildman–Crippen MR) is 99.1 cm³/mol. The lowest BCUT2D eigenvalue weighted by molar-refractivity contribution is -0.385. The number of carbonyl (C=O) groups is 1. The van der Waals surface area contributed by atoms with Gasteiger partial charge in [0.15, 0.2) is 0 Å². The molecule has 2 heterocycles. The van der Waals surface area contributed by atoms with Crippen molar-refractivity contribution in [2.24, 2.45) is 7.05 Å². The molecule has 0 spiro atoms. The monoisotopic (exact) mass is 356 g/mol. The summed E-state index contributed by atoms with van der Waals surface area (Å²) in [7, 11) is 2.00. The third kappa shape index (κ3) is 3.77. The van der Waals surface area contributed by atoms with Gasteiger partial charge >= 0.3 is 0 Å². The molecule has 1 aromatic carbocycles. The molecule has 7 nitrogen and oxygen atoms in total. The molecule has 0 aliphatic carbocycles. The number of hydrogen-bond acceptors (Lipinski definition) is 4. The Kier molecular flexibility index (Phi) is 5.37. The normalized spacial score (nSPS) is 15.8. The Morgan fingerprint density at radius 3 is 2.65 bits per heavy atom. The highest BCUT2D eigenvalue weighted by Gasteiger charge is 2.26. The summed E-state index contributed by atoms with van der Waals surface area (Å²) in [6, 6.07) is 8.77. The number of carbonyl (C=O) groups excluding carboxylic acids is 1. The molecule has 26 heavy (non-hydrogen) atoms. The molecular weight excluding hydrogens is 332 g/mol. The zero-order chi connectivity index (χ0) is 18.7. The lowest BCUT2D eigenvalue weighted by Crippen LogP contribution is -2.37. The van der Waals surface area contributed by atoms with E-state index in [-0.39, 0.29) is 17.6 Å². The Bertz CT molecular complexity index is 809. The Labute approximate surface area is 152 Å². The van der Waals surface area contributed by atoms with Crippen molar-refractivity contribution in [1.82, 2.24) is 14.8 Å². The van der Waals surface area contributed by atoms with Crippen LogP contribution in [0.25, 0.3) is 0 Å². The zero-order valence-electron chi connectivity index (χ0n) is 15.1. The summed E-state index contributed by atoms with van der Waals surface area (Å²) < 4.78 is 2.08. The molecule has 1 fully saturated rings. The molecule has 1 amide bonds. The van der Waals surface area contributed by atoms with Crippen LogP contribution in [0.15, 0.2) is 36.5 Å². The molecule has 138 valence electrons. The lowest BCUT2D eigenvalue weighted by atomic mass is 10.1. The molecule has 1 saturated heterocycles. The molecular formula is C19H24N4O3. The number of benzene rings is 1. The highest BCUT2D eigenvalue weighted by molar-refractivity contribution is 5.95. The molecule has 3 rings (SSSR count). The van der Waals surface area contributed by atoms with Gasteiger partial charge in [-0.25, -0.2) is 0 Å². The summed E-state index contributed by atoms with van der Waals surface area (Å²) in [5.41, 5.74) is 1.98. The van der Waals surface area contributed by atoms with Gasteiger partial charge in [0.05, 0.1) is 11.0 Å². The fraction of sp³-hybridized carbons (Fsp3) is 0.421. The predicted octanol–water partition coefficient (Wildman–Crippen LogP) is 2.81. The number of nitrogens with one attached hydrogen (secondary N) is 1. The molecule has 1 aliphatic rings. The first-order valence-corrected chi connectivity index (χ1v) is 8.86. The summed E-state index contributed by atoms with van der Waals surface area (Å²) in [4.78, 5) is 25.6. The summed E-state index contributed by atoms with van der Waals surface area (Å²) >= 11 is 0. The maximum Gasteiger partial charge on any atom is 0.273 e. The van der Waals surface area contributed by atoms with Crippen molar-refractivity contribution in [3.05, 3.63) is 63.5 Å². The Morgan fingerprint density at radius 2 is 2.04 bits per heavy atom. The van der Waals surface area contributed by atoms with Crippen LogP contribution in [0.1, 0.15) is 40.5 Å². The van der Waals surface area contributed by atoms with Crippen molar-refractivity contribution < 1.29 is 9.72 Å². The minimum absolute atomic E-state index is 0.0313. The molecule has 1 aromatic heterocycles. The van der Waals surface area contributed by atoms with E-state index in [0.717, 1.165) is 18.8 Å². The first-order valence-electron chi connectivity index (χ1n) is 8.86. The van der Waals surface area contributed by atoms with Crippen molar-refractivity contribution in [2.45, 2.75) is 25.8 Å². The van der Waals surface area contributed by atoms with Crippen LogP contribution in [0.3, 0.4) is 0 Å². The Balaban J connectivity index is 1.75. The van der Waals surface area contributed by atoms with Crippen molar-refractivity contribution in [2.75, 3.05) is 19.6 Å². The van der Waals surface area contributed by atoms with Crippen molar-refractivity contribution in [1.29, 1.82) is 0 Å². The third-order valence-electron chi connectivity index (χ3n) is 5.03. The van der Waals surface area contributed by atoms with E-state index >= 15 is 0 Å². The first kappa shape index (κ1) is 18.1. The van der Waals surface area contributed by atoms with Crippen LogP contribution in [0, 0.1) is 17.0 Å². The largest absolute Gasteiger partial charge is 0.353 e. The van der Waals surface area contributed by atoms with Crippen molar-refractivity contribution in [3.8, 4) is 0 Å². The molecule has 7 heteroatoms. The van der Waals surface area contributed by atoms with E-state index in [0.29, 0.717) is 17.7 Å². The second-order valence-corrected chi connectivity index (χ2v) is 6.77. The molecule has 1 atom stereocenters. The first-order chi connectivity index (χ1) is 12.5. The lowest BCUT2D eigenvalue weighted by Gasteiger charge is -2.28. The minimum atomic E-state index is -0.455. The van der Waals surface area contributed by atoms with Gasteiger partial charge in [0, 0.05) is 42.7 Å². The van der Waals surface area contributed by atoms with Crippen LogP contribution >= 0.6 is 0 Å². The highest BCUT2D eigenvalue weighted by atomic mass is 16.6. The van der Waals surface area contributed by atoms with Crippen LogP contribution < -0.4 is 5.32 Å². The molecule has 1 aliphatic heterocycles. The third-order valence-corrected chi connectivity index (χ3v) is 5.03. The van der Waals surface area contributed by atoms with Gasteiger partial charge in [0.1, 0.15) is 0 Å². The van der Waals surface area contributed by atoms with Gasteiger partial charge in [-0.05, 0) is 51.1 Å². The fourth-order valence-corrected chi connectivity index (χ4v) is 3.53. The molecule has 1 unspecified atom stereocenters. The smallest absolute Gasteiger partial charge is 0.273 e. The van der Waals surface area contributed by atoms with E-state index in [2.05, 4.69) is 20.9 Å². The van der Waals surface area contributed by atoms with Crippen molar-refractivity contribution >= 4 is 11.6 Å². The SMILES string of the molecule is Cc1ccc(C(=O)NCC(c2cccn2C)N2CCCC2)cc1[N+](=O)[O-]. The number of amides is 1. The van der Waals surface area contributed by atoms with E-state index in [4.69, 9.17) is 0 Å². The number of hydrogen-bond donors (Lipinski definition) is 1. The van der Waals surface area contributed by atoms with Gasteiger partial charge < -0.3 is 9.88 Å². The number of likely N-dealkylation sites (tertiary alicyclic amines) is 1. The molecule has 2 aromatic rings. The molecule has 0 saturated carbocycles. The maximum absolute atomic E-state index is 12.5. The van der Waals surface area contributed by atoms with Crippen LogP contribution in [-0.4, -0.2) is 39.9 Å². The van der Waals surface area contributed by atoms with E-state index < -0.39 is 4.92 Å². The number of nitro groups is 1. The standard InChI is InChI=1S/C19H24N4O3/c1-14-7-8-15(12-17(14)23(25)26)19(24)20-13-18(22-10-3-4-11-22)16-6-5-9-21(16)2/h5-9,12,18H,3-4,10-11,13H2,1-2H3,(H,20,24). The highest BCUT2D eigenvalue weighted by Crippen LogP contribution is 2.25. The Hall–Kier alpha value is -2.67. The van der Waals surface area contributed by atoms with Crippen LogP contribution in [0.4, 0.5) is 5.69 Å². The maximum atomic E-state index is 12.5. The molecule has 0 radical (unpaired) electrons. The summed E-state index contributed by atoms with van der Waals surface area (Å²) in [6.45, 7) is 4.17. The quantitative estimate of drug-likeness (QED) is 0.637. The van der Waals surface area contributed by atoms with Gasteiger partial charge in [-0.1, -0.05) is 6.07 Å². The van der Waals surface area contributed by atoms with E-state index in [9.17, 15) is 14.9 Å². The van der Waals surface area contributed by atoms with Gasteiger partial charge in [-0.15, -0.1) is 0 Å². The fourth-order valence-electron chi connectivity index (χ4n) is 3.53. The summed E-state index contributed by atoms with van der Waals surface area (Å²) in [5.74, 6) is -0.286. The topological polar surface area (TPSA) is 80.4 Å². The molecule has 1 N–H and O–H groups in total. The molecule has 0 bridgehead atoms. The van der Waals surface area contributed by atoms with Gasteiger partial charge in [-0.2, -0.15) is 0 Å². The van der Waals surface area contributed by atoms with Crippen LogP contribution in [-0.2, 0) is 7.05 Å². The minimum Gasteiger partial charge on any atom is -0.353 e.